The van der Waals surface area contributed by atoms with Gasteiger partial charge in [0, 0.05) is 0 Å². The number of ether oxygens (including phenoxy) is 1. The second-order valence-corrected chi connectivity index (χ2v) is 3.15. The van der Waals surface area contributed by atoms with Crippen molar-refractivity contribution in [2.75, 3.05) is 6.61 Å². The lowest BCUT2D eigenvalue weighted by atomic mass is 10.00. The number of benzene rings is 1. The van der Waals surface area contributed by atoms with E-state index >= 15 is 0 Å². The van der Waals surface area contributed by atoms with E-state index < -0.39 is 5.67 Å². The van der Waals surface area contributed by atoms with Crippen LogP contribution in [0.15, 0.2) is 24.3 Å². The van der Waals surface area contributed by atoms with Gasteiger partial charge in [-0.05, 0) is 31.5 Å². The Hall–Kier alpha value is -1.38. The van der Waals surface area contributed by atoms with Gasteiger partial charge in [-0.2, -0.15) is 0 Å². The van der Waals surface area contributed by atoms with Gasteiger partial charge in [0.2, 0.25) is 0 Å². The van der Waals surface area contributed by atoms with Crippen molar-refractivity contribution in [3.8, 4) is 5.75 Å². The summed E-state index contributed by atoms with van der Waals surface area (Å²) in [5.74, 6) is 0.579. The van der Waals surface area contributed by atoms with Crippen LogP contribution in [0.2, 0.25) is 0 Å². The van der Waals surface area contributed by atoms with E-state index in [-0.39, 0.29) is 6.29 Å². The second-order valence-electron chi connectivity index (χ2n) is 3.15. The van der Waals surface area contributed by atoms with E-state index in [2.05, 4.69) is 0 Å². The summed E-state index contributed by atoms with van der Waals surface area (Å²) < 4.78 is 18.8. The standard InChI is InChI=1S/C11H13FO2/c1-3-14-10-6-4-5-9(7-10)11(2,12)8-13/h4-8H,3H2,1-2H3. The molecule has 0 aliphatic heterocycles. The summed E-state index contributed by atoms with van der Waals surface area (Å²) >= 11 is 0. The van der Waals surface area contributed by atoms with Gasteiger partial charge in [0.15, 0.2) is 12.0 Å². The third-order valence-corrected chi connectivity index (χ3v) is 1.93. The largest absolute Gasteiger partial charge is 0.494 e. The molecule has 0 spiro atoms. The monoisotopic (exact) mass is 196 g/mol. The number of hydrogen-bond acceptors (Lipinski definition) is 2. The van der Waals surface area contributed by atoms with Gasteiger partial charge in [-0.15, -0.1) is 0 Å². The average Bonchev–Trinajstić information content (AvgIpc) is 2.19. The van der Waals surface area contributed by atoms with Crippen molar-refractivity contribution in [3.05, 3.63) is 29.8 Å². The van der Waals surface area contributed by atoms with E-state index in [9.17, 15) is 9.18 Å². The van der Waals surface area contributed by atoms with Crippen LogP contribution in [0.5, 0.6) is 5.75 Å². The van der Waals surface area contributed by atoms with E-state index in [1.54, 1.807) is 18.2 Å². The molecular formula is C11H13FO2. The predicted molar refractivity (Wildman–Crippen MR) is 52.1 cm³/mol. The summed E-state index contributed by atoms with van der Waals surface area (Å²) in [4.78, 5) is 10.5. The maximum absolute atomic E-state index is 13.5. The third-order valence-electron chi connectivity index (χ3n) is 1.93. The molecule has 0 bridgehead atoms. The summed E-state index contributed by atoms with van der Waals surface area (Å²) in [5, 5.41) is 0. The lowest BCUT2D eigenvalue weighted by Crippen LogP contribution is -2.16. The van der Waals surface area contributed by atoms with Crippen LogP contribution in [-0.2, 0) is 10.5 Å². The van der Waals surface area contributed by atoms with Crippen LogP contribution in [0.4, 0.5) is 4.39 Å². The fourth-order valence-corrected chi connectivity index (χ4v) is 1.12. The van der Waals surface area contributed by atoms with Crippen molar-refractivity contribution in [1.29, 1.82) is 0 Å². The summed E-state index contributed by atoms with van der Waals surface area (Å²) in [7, 11) is 0. The molecule has 0 heterocycles. The molecule has 0 aliphatic rings. The van der Waals surface area contributed by atoms with Gasteiger partial charge in [0.1, 0.15) is 5.75 Å². The van der Waals surface area contributed by atoms with Crippen LogP contribution in [0, 0.1) is 0 Å². The molecule has 1 atom stereocenters. The number of hydrogen-bond donors (Lipinski definition) is 0. The second kappa shape index (κ2) is 4.22. The molecule has 1 aromatic rings. The number of carbonyl (C=O) groups is 1. The minimum absolute atomic E-state index is 0.290. The molecule has 0 radical (unpaired) electrons. The Morgan fingerprint density at radius 2 is 2.29 bits per heavy atom. The molecule has 1 aromatic carbocycles. The van der Waals surface area contributed by atoms with Gasteiger partial charge in [0.25, 0.3) is 0 Å². The molecule has 0 aromatic heterocycles. The maximum Gasteiger partial charge on any atom is 0.188 e. The van der Waals surface area contributed by atoms with Gasteiger partial charge in [-0.25, -0.2) is 4.39 Å². The molecule has 2 nitrogen and oxygen atoms in total. The van der Waals surface area contributed by atoms with Crippen LogP contribution in [0.3, 0.4) is 0 Å². The first-order valence-corrected chi connectivity index (χ1v) is 4.48. The Morgan fingerprint density at radius 1 is 1.57 bits per heavy atom. The van der Waals surface area contributed by atoms with Gasteiger partial charge in [0.05, 0.1) is 6.61 Å². The van der Waals surface area contributed by atoms with E-state index in [0.29, 0.717) is 17.9 Å². The zero-order valence-corrected chi connectivity index (χ0v) is 8.29. The Kier molecular flexibility index (Phi) is 3.23. The molecular weight excluding hydrogens is 183 g/mol. The van der Waals surface area contributed by atoms with E-state index in [4.69, 9.17) is 4.74 Å². The van der Waals surface area contributed by atoms with E-state index in [1.165, 1.54) is 13.0 Å². The molecule has 0 N–H and O–H groups in total. The van der Waals surface area contributed by atoms with Gasteiger partial charge < -0.3 is 4.74 Å². The Morgan fingerprint density at radius 3 is 2.86 bits per heavy atom. The van der Waals surface area contributed by atoms with Crippen molar-refractivity contribution in [2.24, 2.45) is 0 Å². The highest BCUT2D eigenvalue weighted by Crippen LogP contribution is 2.26. The zero-order valence-electron chi connectivity index (χ0n) is 8.29. The molecule has 0 saturated carbocycles. The first-order valence-electron chi connectivity index (χ1n) is 4.48. The fraction of sp³-hybridized carbons (Fsp3) is 0.364. The van der Waals surface area contributed by atoms with Crippen LogP contribution in [0.25, 0.3) is 0 Å². The van der Waals surface area contributed by atoms with Crippen molar-refractivity contribution in [1.82, 2.24) is 0 Å². The minimum atomic E-state index is -1.94. The van der Waals surface area contributed by atoms with Crippen molar-refractivity contribution < 1.29 is 13.9 Å². The maximum atomic E-state index is 13.5. The molecule has 0 saturated heterocycles. The summed E-state index contributed by atoms with van der Waals surface area (Å²) in [6.07, 6.45) is 0.290. The molecule has 0 fully saturated rings. The summed E-state index contributed by atoms with van der Waals surface area (Å²) in [5.41, 5.74) is -1.62. The van der Waals surface area contributed by atoms with Crippen molar-refractivity contribution >= 4 is 6.29 Å². The first kappa shape index (κ1) is 10.7. The van der Waals surface area contributed by atoms with Crippen LogP contribution in [0.1, 0.15) is 19.4 Å². The predicted octanol–water partition coefficient (Wildman–Crippen LogP) is 2.47. The molecule has 1 rings (SSSR count). The highest BCUT2D eigenvalue weighted by molar-refractivity contribution is 5.65. The summed E-state index contributed by atoms with van der Waals surface area (Å²) in [6, 6.07) is 6.50. The Bertz CT molecular complexity index is 321. The van der Waals surface area contributed by atoms with Crippen molar-refractivity contribution in [3.63, 3.8) is 0 Å². The van der Waals surface area contributed by atoms with Crippen molar-refractivity contribution in [2.45, 2.75) is 19.5 Å². The van der Waals surface area contributed by atoms with Crippen LogP contribution < -0.4 is 4.74 Å². The van der Waals surface area contributed by atoms with Crippen LogP contribution >= 0.6 is 0 Å². The van der Waals surface area contributed by atoms with Crippen LogP contribution in [-0.4, -0.2) is 12.9 Å². The lowest BCUT2D eigenvalue weighted by Gasteiger charge is -2.14. The van der Waals surface area contributed by atoms with Gasteiger partial charge >= 0.3 is 0 Å². The Balaban J connectivity index is 2.99. The first-order chi connectivity index (χ1) is 6.60. The molecule has 0 amide bonds. The third kappa shape index (κ3) is 2.31. The average molecular weight is 196 g/mol. The molecule has 76 valence electrons. The number of rotatable bonds is 4. The molecule has 3 heteroatoms. The smallest absolute Gasteiger partial charge is 0.188 e. The Labute approximate surface area is 82.7 Å². The number of halogens is 1. The fourth-order valence-electron chi connectivity index (χ4n) is 1.12. The molecule has 14 heavy (non-hydrogen) atoms. The number of carbonyl (C=O) groups excluding carboxylic acids is 1. The van der Waals surface area contributed by atoms with E-state index in [1.807, 2.05) is 6.92 Å². The lowest BCUT2D eigenvalue weighted by molar-refractivity contribution is -0.117. The highest BCUT2D eigenvalue weighted by Gasteiger charge is 2.24. The zero-order chi connectivity index (χ0) is 10.6. The topological polar surface area (TPSA) is 26.3 Å². The highest BCUT2D eigenvalue weighted by atomic mass is 19.1. The number of aldehydes is 1. The quantitative estimate of drug-likeness (QED) is 0.691. The van der Waals surface area contributed by atoms with E-state index in [0.717, 1.165) is 0 Å². The number of alkyl halides is 1. The normalized spacial score (nSPS) is 14.5. The SMILES string of the molecule is CCOc1cccc(C(C)(F)C=O)c1. The summed E-state index contributed by atoms with van der Waals surface area (Å²) in [6.45, 7) is 3.60. The van der Waals surface area contributed by atoms with Gasteiger partial charge in [-0.1, -0.05) is 12.1 Å². The minimum Gasteiger partial charge on any atom is -0.494 e. The molecule has 1 unspecified atom stereocenters. The molecule has 0 aliphatic carbocycles. The van der Waals surface area contributed by atoms with Gasteiger partial charge in [-0.3, -0.25) is 4.79 Å².